The second kappa shape index (κ2) is 11.1. The summed E-state index contributed by atoms with van der Waals surface area (Å²) in [5.41, 5.74) is -0.904. The van der Waals surface area contributed by atoms with Crippen molar-refractivity contribution in [2.75, 3.05) is 37.7 Å². The largest absolute Gasteiger partial charge is 0.508 e. The van der Waals surface area contributed by atoms with Crippen LogP contribution in [-0.4, -0.2) is 75.6 Å². The van der Waals surface area contributed by atoms with E-state index >= 15 is 8.78 Å². The van der Waals surface area contributed by atoms with Crippen LogP contribution < -0.4 is 14.4 Å². The number of anilines is 1. The van der Waals surface area contributed by atoms with Crippen LogP contribution in [0.1, 0.15) is 50.5 Å². The average molecular weight is 650 g/mol. The maximum absolute atomic E-state index is 17.0. The second-order valence-electron chi connectivity index (χ2n) is 12.8. The monoisotopic (exact) mass is 649 g/mol. The van der Waals surface area contributed by atoms with Gasteiger partial charge in [0.1, 0.15) is 47.5 Å². The van der Waals surface area contributed by atoms with Crippen LogP contribution in [-0.2, 0) is 0 Å². The van der Waals surface area contributed by atoms with E-state index in [-0.39, 0.29) is 69.6 Å². The number of phenolic OH excluding ortho intramolecular Hbond substituents is 1. The molecule has 46 heavy (non-hydrogen) atoms. The zero-order valence-electron chi connectivity index (χ0n) is 25.0. The van der Waals surface area contributed by atoms with Gasteiger partial charge in [0.15, 0.2) is 11.6 Å². The van der Waals surface area contributed by atoms with E-state index in [1.54, 1.807) is 0 Å². The van der Waals surface area contributed by atoms with Crippen LogP contribution in [0.3, 0.4) is 0 Å². The van der Waals surface area contributed by atoms with E-state index in [1.165, 1.54) is 18.2 Å². The topological polar surface area (TPSA) is 83.8 Å². The highest BCUT2D eigenvalue weighted by atomic mass is 35.5. The minimum absolute atomic E-state index is 0.0270. The SMILES string of the molecule is C#Cc1c(F)c(Cl)cc2cc(O)cc(-c3nc4c5c(nc(OC[C@@]67CCCN6C[C@H](F)C7)nc5c3F)N3CCCCC[C@H]3CO4)c12. The molecule has 4 aromatic rings. The van der Waals surface area contributed by atoms with Crippen molar-refractivity contribution >= 4 is 39.1 Å². The van der Waals surface area contributed by atoms with E-state index in [0.717, 1.165) is 45.1 Å². The van der Waals surface area contributed by atoms with Crippen LogP contribution >= 0.6 is 11.6 Å². The van der Waals surface area contributed by atoms with Gasteiger partial charge in [0, 0.05) is 30.5 Å². The molecule has 8 nitrogen and oxygen atoms in total. The lowest BCUT2D eigenvalue weighted by atomic mass is 9.95. The van der Waals surface area contributed by atoms with Crippen LogP contribution in [0.2, 0.25) is 5.02 Å². The molecule has 0 bridgehead atoms. The molecule has 12 heteroatoms. The number of benzene rings is 2. The molecule has 3 atom stereocenters. The van der Waals surface area contributed by atoms with Crippen molar-refractivity contribution in [1.29, 1.82) is 0 Å². The van der Waals surface area contributed by atoms with Crippen molar-refractivity contribution in [2.45, 2.75) is 62.7 Å². The van der Waals surface area contributed by atoms with Gasteiger partial charge in [-0.2, -0.15) is 9.97 Å². The molecule has 4 aliphatic rings. The van der Waals surface area contributed by atoms with Gasteiger partial charge in [-0.25, -0.2) is 18.2 Å². The van der Waals surface area contributed by atoms with Crippen molar-refractivity contribution in [3.05, 3.63) is 40.4 Å². The normalized spacial score (nSPS) is 24.3. The molecule has 8 rings (SSSR count). The number of fused-ring (bicyclic) bond motifs is 4. The van der Waals surface area contributed by atoms with Gasteiger partial charge in [0.25, 0.3) is 0 Å². The number of alkyl halides is 1. The Morgan fingerprint density at radius 3 is 2.80 bits per heavy atom. The second-order valence-corrected chi connectivity index (χ2v) is 13.2. The number of phenols is 1. The van der Waals surface area contributed by atoms with Gasteiger partial charge >= 0.3 is 6.01 Å². The van der Waals surface area contributed by atoms with E-state index in [4.69, 9.17) is 32.5 Å². The first-order valence-corrected chi connectivity index (χ1v) is 16.1. The Labute approximate surface area is 268 Å². The molecule has 0 amide bonds. The van der Waals surface area contributed by atoms with E-state index in [9.17, 15) is 9.50 Å². The summed E-state index contributed by atoms with van der Waals surface area (Å²) in [7, 11) is 0. The summed E-state index contributed by atoms with van der Waals surface area (Å²) in [5, 5.41) is 11.2. The van der Waals surface area contributed by atoms with Gasteiger partial charge in [-0.05, 0) is 55.8 Å². The number of nitrogens with zero attached hydrogens (tertiary/aromatic N) is 5. The van der Waals surface area contributed by atoms with Crippen LogP contribution in [0.15, 0.2) is 18.2 Å². The Hall–Kier alpha value is -4.01. The maximum atomic E-state index is 17.0. The lowest BCUT2D eigenvalue weighted by Gasteiger charge is -2.31. The molecule has 4 aliphatic heterocycles. The van der Waals surface area contributed by atoms with E-state index in [2.05, 4.69) is 25.7 Å². The Bertz CT molecular complexity index is 1950. The number of halogens is 4. The molecular formula is C34H31ClF3N5O3. The van der Waals surface area contributed by atoms with Gasteiger partial charge in [-0.1, -0.05) is 30.4 Å². The van der Waals surface area contributed by atoms with Crippen molar-refractivity contribution in [1.82, 2.24) is 19.9 Å². The highest BCUT2D eigenvalue weighted by Gasteiger charge is 2.49. The number of hydrogen-bond donors (Lipinski definition) is 1. The summed E-state index contributed by atoms with van der Waals surface area (Å²) in [4.78, 5) is 18.3. The van der Waals surface area contributed by atoms with Gasteiger partial charge in [0.05, 0.1) is 22.2 Å². The summed E-state index contributed by atoms with van der Waals surface area (Å²) >= 11 is 6.11. The molecule has 1 N–H and O–H groups in total. The lowest BCUT2D eigenvalue weighted by molar-refractivity contribution is 0.107. The molecule has 0 aliphatic carbocycles. The Morgan fingerprint density at radius 2 is 1.96 bits per heavy atom. The number of aromatic hydroxyl groups is 1. The molecule has 0 unspecified atom stereocenters. The molecule has 6 heterocycles. The smallest absolute Gasteiger partial charge is 0.319 e. The Kier molecular flexibility index (Phi) is 7.07. The number of aromatic nitrogens is 3. The number of hydrogen-bond acceptors (Lipinski definition) is 8. The molecule has 2 aromatic carbocycles. The molecule has 3 fully saturated rings. The summed E-state index contributed by atoms with van der Waals surface area (Å²) in [6, 6.07) is 3.92. The fourth-order valence-electron chi connectivity index (χ4n) is 7.90. The number of ether oxygens (including phenoxy) is 2. The first-order chi connectivity index (χ1) is 22.3. The van der Waals surface area contributed by atoms with Crippen molar-refractivity contribution in [2.24, 2.45) is 0 Å². The fraction of sp³-hybridized carbons (Fsp3) is 0.441. The minimum atomic E-state index is -0.931. The molecule has 0 spiro atoms. The van der Waals surface area contributed by atoms with Gasteiger partial charge in [-0.3, -0.25) is 4.90 Å². The highest BCUT2D eigenvalue weighted by Crippen LogP contribution is 2.45. The third kappa shape index (κ3) is 4.60. The molecule has 238 valence electrons. The van der Waals surface area contributed by atoms with Crippen molar-refractivity contribution in [3.8, 4) is 41.2 Å². The van der Waals surface area contributed by atoms with Crippen LogP contribution in [0.4, 0.5) is 19.0 Å². The van der Waals surface area contributed by atoms with Crippen molar-refractivity contribution in [3.63, 3.8) is 0 Å². The fourth-order valence-corrected chi connectivity index (χ4v) is 8.12. The minimum Gasteiger partial charge on any atom is -0.508 e. The average Bonchev–Trinajstić information content (AvgIpc) is 3.38. The first kappa shape index (κ1) is 29.4. The summed E-state index contributed by atoms with van der Waals surface area (Å²) in [6.45, 7) is 2.32. The molecular weight excluding hydrogens is 619 g/mol. The number of pyridine rings is 1. The standard InChI is InChI=1S/C34H31ClF3N5O3/c1-2-22-25-18(12-24(35)27(22)37)11-21(44)13-23(25)29-28(38)30-26-31(43-10-5-3-4-7-20(43)16-45-32(26)39-29)41-33(40-30)46-17-34-8-6-9-42(34)15-19(36)14-34/h1,11-13,19-20,44H,3-10,14-17H2/t19-,20+,34+/m1/s1. The first-order valence-electron chi connectivity index (χ1n) is 15.7. The van der Waals surface area contributed by atoms with Gasteiger partial charge in [0.2, 0.25) is 5.88 Å². The third-order valence-electron chi connectivity index (χ3n) is 10.0. The van der Waals surface area contributed by atoms with E-state index in [1.807, 2.05) is 0 Å². The summed E-state index contributed by atoms with van der Waals surface area (Å²) < 4.78 is 59.2. The molecule has 2 aromatic heterocycles. The zero-order valence-corrected chi connectivity index (χ0v) is 25.7. The highest BCUT2D eigenvalue weighted by molar-refractivity contribution is 6.32. The van der Waals surface area contributed by atoms with E-state index in [0.29, 0.717) is 36.1 Å². The predicted octanol–water partition coefficient (Wildman–Crippen LogP) is 6.56. The van der Waals surface area contributed by atoms with Crippen LogP contribution in [0.25, 0.3) is 32.9 Å². The Morgan fingerprint density at radius 1 is 1.09 bits per heavy atom. The number of rotatable bonds is 4. The van der Waals surface area contributed by atoms with Gasteiger partial charge < -0.3 is 19.5 Å². The Balaban J connectivity index is 1.34. The maximum Gasteiger partial charge on any atom is 0.319 e. The summed E-state index contributed by atoms with van der Waals surface area (Å²) in [5.74, 6) is 1.03. The molecule has 3 saturated heterocycles. The molecule has 0 saturated carbocycles. The predicted molar refractivity (Wildman–Crippen MR) is 168 cm³/mol. The third-order valence-corrected chi connectivity index (χ3v) is 10.3. The number of terminal acetylenes is 1. The zero-order chi connectivity index (χ0) is 31.7. The quantitative estimate of drug-likeness (QED) is 0.249. The van der Waals surface area contributed by atoms with Crippen molar-refractivity contribution < 1.29 is 27.8 Å². The van der Waals surface area contributed by atoms with E-state index < -0.39 is 23.3 Å². The van der Waals surface area contributed by atoms with Crippen LogP contribution in [0, 0.1) is 24.0 Å². The lowest BCUT2D eigenvalue weighted by Crippen LogP contribution is -2.43. The van der Waals surface area contributed by atoms with Gasteiger partial charge in [-0.15, -0.1) is 6.42 Å². The van der Waals surface area contributed by atoms with Crippen LogP contribution in [0.5, 0.6) is 17.6 Å². The summed E-state index contributed by atoms with van der Waals surface area (Å²) in [6.07, 6.45) is 10.7. The molecule has 0 radical (unpaired) electrons.